The molecule has 8 nitrogen and oxygen atoms in total. The van der Waals surface area contributed by atoms with Crippen LogP contribution in [0, 0.1) is 5.95 Å². The van der Waals surface area contributed by atoms with Crippen LogP contribution >= 0.6 is 11.6 Å². The van der Waals surface area contributed by atoms with E-state index >= 15 is 0 Å². The molecule has 1 aliphatic heterocycles. The summed E-state index contributed by atoms with van der Waals surface area (Å²) in [6.07, 6.45) is 2.78. The Balaban J connectivity index is 1.52. The molecule has 1 aromatic carbocycles. The summed E-state index contributed by atoms with van der Waals surface area (Å²) in [7, 11) is 0. The minimum absolute atomic E-state index is 0.152. The van der Waals surface area contributed by atoms with Crippen molar-refractivity contribution in [2.24, 2.45) is 0 Å². The zero-order valence-corrected chi connectivity index (χ0v) is 16.6. The third-order valence-corrected chi connectivity index (χ3v) is 4.69. The number of benzene rings is 1. The monoisotopic (exact) mass is 428 g/mol. The number of anilines is 4. The van der Waals surface area contributed by atoms with Gasteiger partial charge in [0, 0.05) is 36.1 Å². The normalized spacial score (nSPS) is 13.7. The Bertz CT molecular complexity index is 1040. The maximum Gasteiger partial charge on any atom is 0.274 e. The van der Waals surface area contributed by atoms with E-state index < -0.39 is 11.9 Å². The number of hydrogen-bond donors (Lipinski definition) is 2. The Labute approximate surface area is 177 Å². The highest BCUT2D eigenvalue weighted by Gasteiger charge is 2.19. The molecule has 0 saturated carbocycles. The smallest absolute Gasteiger partial charge is 0.274 e. The van der Waals surface area contributed by atoms with Crippen LogP contribution in [0.4, 0.5) is 27.4 Å². The predicted molar refractivity (Wildman–Crippen MR) is 112 cm³/mol. The van der Waals surface area contributed by atoms with Crippen molar-refractivity contribution in [1.82, 2.24) is 15.0 Å². The summed E-state index contributed by atoms with van der Waals surface area (Å²) in [5.74, 6) is -0.818. The SMILES string of the molecule is O=C(Nc1cnc(F)cc1N1CCOCC1)c1ccnc(Nc2ccc(Cl)cc2)n1. The quantitative estimate of drug-likeness (QED) is 0.601. The Morgan fingerprint density at radius 2 is 1.90 bits per heavy atom. The minimum Gasteiger partial charge on any atom is -0.378 e. The molecular weight excluding hydrogens is 411 g/mol. The van der Waals surface area contributed by atoms with Crippen molar-refractivity contribution in [2.75, 3.05) is 41.8 Å². The first kappa shape index (κ1) is 20.0. The van der Waals surface area contributed by atoms with Gasteiger partial charge in [0.05, 0.1) is 30.8 Å². The average Bonchev–Trinajstić information content (AvgIpc) is 2.77. The largest absolute Gasteiger partial charge is 0.378 e. The molecular formula is C20H18ClFN6O2. The number of rotatable bonds is 5. The molecule has 1 aliphatic rings. The summed E-state index contributed by atoms with van der Waals surface area (Å²) in [5.41, 5.74) is 1.83. The zero-order valence-electron chi connectivity index (χ0n) is 15.8. The lowest BCUT2D eigenvalue weighted by Crippen LogP contribution is -2.37. The Kier molecular flexibility index (Phi) is 6.01. The summed E-state index contributed by atoms with van der Waals surface area (Å²) in [6.45, 7) is 2.25. The number of aromatic nitrogens is 3. The van der Waals surface area contributed by atoms with Gasteiger partial charge in [-0.3, -0.25) is 4.79 Å². The van der Waals surface area contributed by atoms with Gasteiger partial charge < -0.3 is 20.3 Å². The van der Waals surface area contributed by atoms with Gasteiger partial charge >= 0.3 is 0 Å². The lowest BCUT2D eigenvalue weighted by atomic mass is 10.2. The fourth-order valence-electron chi connectivity index (χ4n) is 2.98. The molecule has 2 aromatic heterocycles. The molecule has 3 aromatic rings. The number of halogens is 2. The van der Waals surface area contributed by atoms with E-state index in [-0.39, 0.29) is 11.6 Å². The molecule has 10 heteroatoms. The summed E-state index contributed by atoms with van der Waals surface area (Å²) >= 11 is 5.89. The molecule has 1 amide bonds. The van der Waals surface area contributed by atoms with Crippen molar-refractivity contribution >= 4 is 40.5 Å². The summed E-state index contributed by atoms with van der Waals surface area (Å²) in [5, 5.41) is 6.39. The topological polar surface area (TPSA) is 92.3 Å². The van der Waals surface area contributed by atoms with Gasteiger partial charge in [-0.15, -0.1) is 0 Å². The van der Waals surface area contributed by atoms with E-state index in [9.17, 15) is 9.18 Å². The number of nitrogens with zero attached hydrogens (tertiary/aromatic N) is 4. The van der Waals surface area contributed by atoms with Crippen LogP contribution in [0.15, 0.2) is 48.8 Å². The standard InChI is InChI=1S/C20H18ClFN6O2/c21-13-1-3-14(4-2-13)25-20-23-6-5-15(27-20)19(29)26-16-12-24-18(22)11-17(16)28-7-9-30-10-8-28/h1-6,11-12H,7-10H2,(H,26,29)(H,23,25,27). The van der Waals surface area contributed by atoms with Crippen molar-refractivity contribution in [3.63, 3.8) is 0 Å². The van der Waals surface area contributed by atoms with E-state index in [1.165, 1.54) is 24.5 Å². The molecule has 1 fully saturated rings. The lowest BCUT2D eigenvalue weighted by Gasteiger charge is -2.30. The van der Waals surface area contributed by atoms with Crippen LogP contribution in [0.5, 0.6) is 0 Å². The average molecular weight is 429 g/mol. The summed E-state index contributed by atoms with van der Waals surface area (Å²) in [4.78, 5) is 26.8. The Hall–Kier alpha value is -3.30. The highest BCUT2D eigenvalue weighted by molar-refractivity contribution is 6.30. The Morgan fingerprint density at radius 1 is 1.13 bits per heavy atom. The van der Waals surface area contributed by atoms with Gasteiger partial charge in [0.25, 0.3) is 5.91 Å². The van der Waals surface area contributed by atoms with E-state index in [1.54, 1.807) is 24.3 Å². The molecule has 0 atom stereocenters. The van der Waals surface area contributed by atoms with Crippen LogP contribution in [-0.2, 0) is 4.74 Å². The molecule has 0 bridgehead atoms. The van der Waals surface area contributed by atoms with Gasteiger partial charge in [0.2, 0.25) is 11.9 Å². The lowest BCUT2D eigenvalue weighted by molar-refractivity contribution is 0.102. The van der Waals surface area contributed by atoms with Crippen LogP contribution in [-0.4, -0.2) is 47.2 Å². The highest BCUT2D eigenvalue weighted by Crippen LogP contribution is 2.27. The van der Waals surface area contributed by atoms with Crippen LogP contribution in [0.25, 0.3) is 0 Å². The summed E-state index contributed by atoms with van der Waals surface area (Å²) < 4.78 is 19.1. The first-order chi connectivity index (χ1) is 14.6. The van der Waals surface area contributed by atoms with E-state index in [4.69, 9.17) is 16.3 Å². The first-order valence-electron chi connectivity index (χ1n) is 9.24. The fraction of sp³-hybridized carbons (Fsp3) is 0.200. The van der Waals surface area contributed by atoms with Gasteiger partial charge in [0.1, 0.15) is 5.69 Å². The molecule has 2 N–H and O–H groups in total. The van der Waals surface area contributed by atoms with Crippen LogP contribution in [0.2, 0.25) is 5.02 Å². The number of ether oxygens (including phenoxy) is 1. The van der Waals surface area contributed by atoms with E-state index in [0.717, 1.165) is 5.69 Å². The van der Waals surface area contributed by atoms with Crippen molar-refractivity contribution in [2.45, 2.75) is 0 Å². The number of amides is 1. The number of morpholine rings is 1. The van der Waals surface area contributed by atoms with E-state index in [2.05, 4.69) is 25.6 Å². The van der Waals surface area contributed by atoms with E-state index in [1.807, 2.05) is 4.90 Å². The molecule has 0 unspecified atom stereocenters. The molecule has 0 aliphatic carbocycles. The van der Waals surface area contributed by atoms with Crippen molar-refractivity contribution in [1.29, 1.82) is 0 Å². The minimum atomic E-state index is -0.619. The van der Waals surface area contributed by atoms with Crippen LogP contribution in [0.3, 0.4) is 0 Å². The van der Waals surface area contributed by atoms with Crippen molar-refractivity contribution in [3.8, 4) is 0 Å². The highest BCUT2D eigenvalue weighted by atomic mass is 35.5. The van der Waals surface area contributed by atoms with Crippen LogP contribution < -0.4 is 15.5 Å². The van der Waals surface area contributed by atoms with E-state index in [0.29, 0.717) is 42.7 Å². The van der Waals surface area contributed by atoms with Crippen molar-refractivity contribution < 1.29 is 13.9 Å². The van der Waals surface area contributed by atoms with Gasteiger partial charge in [-0.2, -0.15) is 4.39 Å². The molecule has 3 heterocycles. The molecule has 0 spiro atoms. The van der Waals surface area contributed by atoms with Gasteiger partial charge in [0.15, 0.2) is 0 Å². The maximum atomic E-state index is 13.7. The fourth-order valence-corrected chi connectivity index (χ4v) is 3.10. The van der Waals surface area contributed by atoms with Crippen LogP contribution in [0.1, 0.15) is 10.5 Å². The second-order valence-electron chi connectivity index (χ2n) is 6.48. The molecule has 154 valence electrons. The molecule has 30 heavy (non-hydrogen) atoms. The number of pyridine rings is 1. The number of carbonyl (C=O) groups is 1. The van der Waals surface area contributed by atoms with Gasteiger partial charge in [-0.25, -0.2) is 15.0 Å². The van der Waals surface area contributed by atoms with Gasteiger partial charge in [-0.05, 0) is 30.3 Å². The number of hydrogen-bond acceptors (Lipinski definition) is 7. The molecule has 1 saturated heterocycles. The first-order valence-corrected chi connectivity index (χ1v) is 9.61. The van der Waals surface area contributed by atoms with Gasteiger partial charge in [-0.1, -0.05) is 11.6 Å². The second-order valence-corrected chi connectivity index (χ2v) is 6.91. The number of carbonyl (C=O) groups excluding carboxylic acids is 1. The predicted octanol–water partition coefficient (Wildman–Crippen LogP) is 3.50. The van der Waals surface area contributed by atoms with Crippen molar-refractivity contribution in [3.05, 3.63) is 65.5 Å². The third kappa shape index (κ3) is 4.81. The third-order valence-electron chi connectivity index (χ3n) is 4.44. The molecule has 0 radical (unpaired) electrons. The molecule has 4 rings (SSSR count). The zero-order chi connectivity index (χ0) is 20.9. The maximum absolute atomic E-state index is 13.7. The Morgan fingerprint density at radius 3 is 2.67 bits per heavy atom. The summed E-state index contributed by atoms with van der Waals surface area (Å²) in [6, 6.07) is 9.81. The second kappa shape index (κ2) is 9.02. The number of nitrogens with one attached hydrogen (secondary N) is 2.